The molecular formula is C14H23N3. The maximum atomic E-state index is 5.80. The molecule has 1 saturated heterocycles. The van der Waals surface area contributed by atoms with E-state index in [0.717, 1.165) is 18.8 Å². The van der Waals surface area contributed by atoms with E-state index in [1.165, 1.54) is 18.5 Å². The zero-order valence-corrected chi connectivity index (χ0v) is 11.1. The van der Waals surface area contributed by atoms with E-state index in [4.69, 9.17) is 5.73 Å². The number of hydrogen-bond acceptors (Lipinski definition) is 3. The summed E-state index contributed by atoms with van der Waals surface area (Å²) in [5, 5.41) is 0. The predicted octanol–water partition coefficient (Wildman–Crippen LogP) is 2.73. The van der Waals surface area contributed by atoms with Gasteiger partial charge in [-0.3, -0.25) is 4.98 Å². The minimum atomic E-state index is 0.0179. The first-order valence-electron chi connectivity index (χ1n) is 6.44. The average Bonchev–Trinajstić information content (AvgIpc) is 2.29. The van der Waals surface area contributed by atoms with Gasteiger partial charge < -0.3 is 10.6 Å². The third kappa shape index (κ3) is 2.97. The minimum absolute atomic E-state index is 0.0179. The summed E-state index contributed by atoms with van der Waals surface area (Å²) < 4.78 is 0. The van der Waals surface area contributed by atoms with Crippen molar-refractivity contribution < 1.29 is 0 Å². The highest BCUT2D eigenvalue weighted by molar-refractivity contribution is 5.45. The van der Waals surface area contributed by atoms with Crippen LogP contribution in [-0.4, -0.2) is 18.1 Å². The highest BCUT2D eigenvalue weighted by Crippen LogP contribution is 2.31. The Balaban J connectivity index is 2.04. The van der Waals surface area contributed by atoms with Gasteiger partial charge in [-0.1, -0.05) is 13.8 Å². The quantitative estimate of drug-likeness (QED) is 0.854. The fourth-order valence-electron chi connectivity index (χ4n) is 2.22. The Kier molecular flexibility index (Phi) is 3.38. The normalized spacial score (nSPS) is 21.3. The van der Waals surface area contributed by atoms with Gasteiger partial charge in [0.25, 0.3) is 0 Å². The second-order valence-electron chi connectivity index (χ2n) is 5.88. The molecule has 3 heteroatoms. The van der Waals surface area contributed by atoms with Crippen LogP contribution < -0.4 is 10.6 Å². The van der Waals surface area contributed by atoms with Crippen LogP contribution in [0.1, 0.15) is 45.3 Å². The van der Waals surface area contributed by atoms with Crippen molar-refractivity contribution in [1.82, 2.24) is 4.98 Å². The summed E-state index contributed by atoms with van der Waals surface area (Å²) >= 11 is 0. The molecule has 0 saturated carbocycles. The Hall–Kier alpha value is -1.09. The molecule has 1 unspecified atom stereocenters. The van der Waals surface area contributed by atoms with Crippen molar-refractivity contribution in [3.8, 4) is 0 Å². The van der Waals surface area contributed by atoms with Gasteiger partial charge in [0, 0.05) is 19.1 Å². The van der Waals surface area contributed by atoms with Crippen molar-refractivity contribution in [2.45, 2.75) is 39.7 Å². The maximum absolute atomic E-state index is 5.80. The van der Waals surface area contributed by atoms with Crippen LogP contribution in [0, 0.1) is 5.41 Å². The number of nitrogens with two attached hydrogens (primary N) is 1. The van der Waals surface area contributed by atoms with Crippen molar-refractivity contribution in [2.75, 3.05) is 18.0 Å². The van der Waals surface area contributed by atoms with Gasteiger partial charge in [0.05, 0.1) is 17.6 Å². The van der Waals surface area contributed by atoms with Crippen LogP contribution in [0.4, 0.5) is 5.69 Å². The second-order valence-corrected chi connectivity index (χ2v) is 5.88. The van der Waals surface area contributed by atoms with Gasteiger partial charge in [-0.25, -0.2) is 0 Å². The van der Waals surface area contributed by atoms with Crippen LogP contribution in [0.15, 0.2) is 18.3 Å². The summed E-state index contributed by atoms with van der Waals surface area (Å²) in [6, 6.07) is 4.20. The molecule has 2 heterocycles. The fraction of sp³-hybridized carbons (Fsp3) is 0.643. The van der Waals surface area contributed by atoms with E-state index < -0.39 is 0 Å². The Labute approximate surface area is 104 Å². The molecule has 3 nitrogen and oxygen atoms in total. The molecule has 0 radical (unpaired) electrons. The van der Waals surface area contributed by atoms with Crippen LogP contribution in [0.25, 0.3) is 0 Å². The average molecular weight is 233 g/mol. The number of anilines is 1. The molecule has 1 atom stereocenters. The minimum Gasteiger partial charge on any atom is -0.370 e. The van der Waals surface area contributed by atoms with Crippen molar-refractivity contribution in [2.24, 2.45) is 11.1 Å². The van der Waals surface area contributed by atoms with Crippen LogP contribution in [0.2, 0.25) is 0 Å². The van der Waals surface area contributed by atoms with Gasteiger partial charge in [-0.15, -0.1) is 0 Å². The molecule has 0 aromatic carbocycles. The smallest absolute Gasteiger partial charge is 0.0569 e. The zero-order chi connectivity index (χ0) is 12.5. The first kappa shape index (κ1) is 12.4. The lowest BCUT2D eigenvalue weighted by Gasteiger charge is -2.38. The number of piperidine rings is 1. The lowest BCUT2D eigenvalue weighted by molar-refractivity contribution is 0.280. The van der Waals surface area contributed by atoms with E-state index in [-0.39, 0.29) is 6.04 Å². The van der Waals surface area contributed by atoms with E-state index in [0.29, 0.717) is 5.41 Å². The molecule has 17 heavy (non-hydrogen) atoms. The summed E-state index contributed by atoms with van der Waals surface area (Å²) in [6.07, 6.45) is 4.46. The topological polar surface area (TPSA) is 42.1 Å². The lowest BCUT2D eigenvalue weighted by Crippen LogP contribution is -2.37. The van der Waals surface area contributed by atoms with E-state index >= 15 is 0 Å². The van der Waals surface area contributed by atoms with Gasteiger partial charge in [0.2, 0.25) is 0 Å². The molecule has 0 bridgehead atoms. The molecule has 1 aromatic rings. The molecule has 0 amide bonds. The summed E-state index contributed by atoms with van der Waals surface area (Å²) in [7, 11) is 0. The predicted molar refractivity (Wildman–Crippen MR) is 72.1 cm³/mol. The maximum Gasteiger partial charge on any atom is 0.0569 e. The fourth-order valence-corrected chi connectivity index (χ4v) is 2.22. The van der Waals surface area contributed by atoms with E-state index in [9.17, 15) is 0 Å². The number of rotatable bonds is 2. The summed E-state index contributed by atoms with van der Waals surface area (Å²) in [5.74, 6) is 0. The molecule has 1 aliphatic rings. The van der Waals surface area contributed by atoms with Crippen molar-refractivity contribution in [1.29, 1.82) is 0 Å². The second kappa shape index (κ2) is 4.65. The first-order valence-corrected chi connectivity index (χ1v) is 6.44. The van der Waals surface area contributed by atoms with Gasteiger partial charge in [-0.2, -0.15) is 0 Å². The van der Waals surface area contributed by atoms with Gasteiger partial charge in [0.1, 0.15) is 0 Å². The Morgan fingerprint density at radius 2 is 1.94 bits per heavy atom. The summed E-state index contributed by atoms with van der Waals surface area (Å²) in [6.45, 7) is 8.92. The Morgan fingerprint density at radius 1 is 1.29 bits per heavy atom. The molecule has 2 N–H and O–H groups in total. The van der Waals surface area contributed by atoms with Crippen molar-refractivity contribution >= 4 is 5.69 Å². The number of aromatic nitrogens is 1. The lowest BCUT2D eigenvalue weighted by atomic mass is 9.82. The third-order valence-electron chi connectivity index (χ3n) is 3.72. The summed E-state index contributed by atoms with van der Waals surface area (Å²) in [4.78, 5) is 6.84. The molecule has 1 aromatic heterocycles. The monoisotopic (exact) mass is 233 g/mol. The third-order valence-corrected chi connectivity index (χ3v) is 3.72. The molecule has 0 spiro atoms. The van der Waals surface area contributed by atoms with E-state index in [2.05, 4.69) is 29.8 Å². The van der Waals surface area contributed by atoms with Crippen molar-refractivity contribution in [3.05, 3.63) is 24.0 Å². The number of nitrogens with zero attached hydrogens (tertiary/aromatic N) is 2. The number of hydrogen-bond donors (Lipinski definition) is 1. The molecule has 1 fully saturated rings. The number of pyridine rings is 1. The standard InChI is InChI=1S/C14H23N3/c1-11(15)13-5-4-12(10-16-13)17-8-6-14(2,3)7-9-17/h4-5,10-11H,6-9,15H2,1-3H3. The first-order chi connectivity index (χ1) is 7.98. The molecule has 0 aliphatic carbocycles. The highest BCUT2D eigenvalue weighted by atomic mass is 15.1. The molecular weight excluding hydrogens is 210 g/mol. The largest absolute Gasteiger partial charge is 0.370 e. The molecule has 94 valence electrons. The Morgan fingerprint density at radius 3 is 2.41 bits per heavy atom. The van der Waals surface area contributed by atoms with Crippen LogP contribution in [0.5, 0.6) is 0 Å². The Bertz CT molecular complexity index is 358. The molecule has 1 aliphatic heterocycles. The van der Waals surface area contributed by atoms with Gasteiger partial charge in [-0.05, 0) is 37.3 Å². The SMILES string of the molecule is CC(N)c1ccc(N2CCC(C)(C)CC2)cn1. The zero-order valence-electron chi connectivity index (χ0n) is 11.1. The van der Waals surface area contributed by atoms with E-state index in [1.807, 2.05) is 19.2 Å². The van der Waals surface area contributed by atoms with Crippen LogP contribution in [-0.2, 0) is 0 Å². The van der Waals surface area contributed by atoms with E-state index in [1.54, 1.807) is 0 Å². The van der Waals surface area contributed by atoms with Crippen LogP contribution in [0.3, 0.4) is 0 Å². The van der Waals surface area contributed by atoms with Crippen LogP contribution >= 0.6 is 0 Å². The molecule has 2 rings (SSSR count). The van der Waals surface area contributed by atoms with Gasteiger partial charge in [0.15, 0.2) is 0 Å². The van der Waals surface area contributed by atoms with Gasteiger partial charge >= 0.3 is 0 Å². The van der Waals surface area contributed by atoms with Crippen molar-refractivity contribution in [3.63, 3.8) is 0 Å². The highest BCUT2D eigenvalue weighted by Gasteiger charge is 2.25. The summed E-state index contributed by atoms with van der Waals surface area (Å²) in [5.41, 5.74) is 8.49.